The smallest absolute Gasteiger partial charge is 0.327 e. The van der Waals surface area contributed by atoms with E-state index in [2.05, 4.69) is 15.1 Å². The lowest BCUT2D eigenvalue weighted by Gasteiger charge is -2.12. The largest absolute Gasteiger partial charge is 0.354 e. The number of aryl methyl sites for hydroxylation is 2. The van der Waals surface area contributed by atoms with Crippen molar-refractivity contribution >= 4 is 11.6 Å². The number of rotatable bonds is 4. The van der Waals surface area contributed by atoms with Gasteiger partial charge in [-0.2, -0.15) is 10.1 Å². The van der Waals surface area contributed by atoms with E-state index in [0.717, 1.165) is 29.2 Å². The number of hydrogen-bond donors (Lipinski definition) is 0. The number of aromatic nitrogens is 6. The Hall–Kier alpha value is -2.93. The zero-order chi connectivity index (χ0) is 18.3. The van der Waals surface area contributed by atoms with E-state index in [1.807, 2.05) is 53.7 Å². The van der Waals surface area contributed by atoms with Crippen molar-refractivity contribution in [2.24, 2.45) is 0 Å². The molecule has 2 aromatic heterocycles. The Morgan fingerprint density at radius 3 is 2.77 bits per heavy atom. The first kappa shape index (κ1) is 16.5. The first-order valence-electron chi connectivity index (χ1n) is 8.29. The minimum Gasteiger partial charge on any atom is -0.327 e. The van der Waals surface area contributed by atoms with E-state index in [0.29, 0.717) is 17.5 Å². The van der Waals surface area contributed by atoms with Crippen molar-refractivity contribution in [3.63, 3.8) is 0 Å². The molecule has 2 aromatic rings. The number of halogens is 1. The number of nitrogens with zero attached hydrogens (tertiary/aromatic N) is 6. The van der Waals surface area contributed by atoms with Crippen LogP contribution in [0.25, 0.3) is 17.2 Å². The van der Waals surface area contributed by atoms with Gasteiger partial charge in [0.15, 0.2) is 5.82 Å². The molecule has 0 aliphatic carbocycles. The Labute approximate surface area is 154 Å². The summed E-state index contributed by atoms with van der Waals surface area (Å²) in [6.07, 6.45) is 5.49. The van der Waals surface area contributed by atoms with Crippen LogP contribution in [0.2, 0.25) is 5.15 Å². The summed E-state index contributed by atoms with van der Waals surface area (Å²) < 4.78 is 5.35. The predicted molar refractivity (Wildman–Crippen MR) is 99.0 cm³/mol. The molecule has 132 valence electrons. The molecule has 7 nitrogen and oxygen atoms in total. The summed E-state index contributed by atoms with van der Waals surface area (Å²) in [5.74, 6) is 0.621. The molecule has 0 bridgehead atoms. The predicted octanol–water partition coefficient (Wildman–Crippen LogP) is 2.76. The average molecular weight is 369 g/mol. The van der Waals surface area contributed by atoms with E-state index in [-0.39, 0.29) is 5.69 Å². The van der Waals surface area contributed by atoms with Crippen LogP contribution in [0.5, 0.6) is 0 Å². The van der Waals surface area contributed by atoms with Gasteiger partial charge in [0.05, 0.1) is 23.6 Å². The maximum Gasteiger partial charge on any atom is 0.354 e. The Bertz CT molecular complexity index is 1090. The summed E-state index contributed by atoms with van der Waals surface area (Å²) in [7, 11) is 0. The van der Waals surface area contributed by atoms with Gasteiger partial charge in [0, 0.05) is 25.1 Å². The maximum atomic E-state index is 12.6. The van der Waals surface area contributed by atoms with Crippen LogP contribution in [0.3, 0.4) is 0 Å². The molecule has 26 heavy (non-hydrogen) atoms. The molecule has 4 heterocycles. The molecule has 8 heteroatoms. The fourth-order valence-corrected chi connectivity index (χ4v) is 3.13. The van der Waals surface area contributed by atoms with Gasteiger partial charge < -0.3 is 4.57 Å². The molecule has 0 N–H and O–H groups in total. The van der Waals surface area contributed by atoms with Crippen molar-refractivity contribution < 1.29 is 0 Å². The highest BCUT2D eigenvalue weighted by molar-refractivity contribution is 6.29. The van der Waals surface area contributed by atoms with Crippen LogP contribution >= 0.6 is 11.6 Å². The highest BCUT2D eigenvalue weighted by Crippen LogP contribution is 2.23. The van der Waals surface area contributed by atoms with Crippen LogP contribution in [-0.4, -0.2) is 28.9 Å². The molecule has 4 rings (SSSR count). The lowest BCUT2D eigenvalue weighted by molar-refractivity contribution is 0.653. The highest BCUT2D eigenvalue weighted by atomic mass is 35.5. The molecule has 0 saturated heterocycles. The Morgan fingerprint density at radius 1 is 1.23 bits per heavy atom. The molecular formula is C18H17ClN6O. The first-order valence-corrected chi connectivity index (χ1v) is 8.67. The van der Waals surface area contributed by atoms with Gasteiger partial charge in [0.1, 0.15) is 5.15 Å². The van der Waals surface area contributed by atoms with Gasteiger partial charge in [-0.3, -0.25) is 9.25 Å². The zero-order valence-electron chi connectivity index (χ0n) is 14.4. The summed E-state index contributed by atoms with van der Waals surface area (Å²) in [4.78, 5) is 21.0. The molecule has 0 unspecified atom stereocenters. The van der Waals surface area contributed by atoms with Gasteiger partial charge in [0.25, 0.3) is 0 Å². The second kappa shape index (κ2) is 6.42. The van der Waals surface area contributed by atoms with Crippen LogP contribution in [0, 0.1) is 6.92 Å². The number of hydrogen-bond acceptors (Lipinski definition) is 4. The second-order valence-corrected chi connectivity index (χ2v) is 6.41. The van der Waals surface area contributed by atoms with E-state index in [9.17, 15) is 4.79 Å². The number of imidazole rings is 1. The van der Waals surface area contributed by atoms with Crippen molar-refractivity contribution in [1.29, 1.82) is 0 Å². The molecule has 0 radical (unpaired) electrons. The Morgan fingerprint density at radius 2 is 2.08 bits per heavy atom. The molecule has 2 aliphatic heterocycles. The third-order valence-corrected chi connectivity index (χ3v) is 4.51. The van der Waals surface area contributed by atoms with Crippen LogP contribution in [0.1, 0.15) is 18.2 Å². The highest BCUT2D eigenvalue weighted by Gasteiger charge is 2.21. The topological polar surface area (TPSA) is 70.5 Å². The summed E-state index contributed by atoms with van der Waals surface area (Å²) in [5.41, 5.74) is 2.96. The van der Waals surface area contributed by atoms with Crippen molar-refractivity contribution in [1.82, 2.24) is 28.9 Å². The third-order valence-electron chi connectivity index (χ3n) is 4.28. The van der Waals surface area contributed by atoms with Gasteiger partial charge in [0.2, 0.25) is 0 Å². The Balaban J connectivity index is 1.79. The van der Waals surface area contributed by atoms with E-state index >= 15 is 0 Å². The summed E-state index contributed by atoms with van der Waals surface area (Å²) in [6.45, 7) is 5.19. The Kier molecular flexibility index (Phi) is 4.08. The van der Waals surface area contributed by atoms with Crippen LogP contribution in [0.15, 0.2) is 47.7 Å². The van der Waals surface area contributed by atoms with Crippen LogP contribution in [-0.2, 0) is 13.1 Å². The zero-order valence-corrected chi connectivity index (χ0v) is 15.2. The average Bonchev–Trinajstić information content (AvgIpc) is 3.16. The maximum absolute atomic E-state index is 12.6. The van der Waals surface area contributed by atoms with Crippen LogP contribution < -0.4 is 5.69 Å². The normalized spacial score (nSPS) is 11.3. The van der Waals surface area contributed by atoms with Gasteiger partial charge in [-0.15, -0.1) is 0 Å². The van der Waals surface area contributed by atoms with Gasteiger partial charge in [-0.25, -0.2) is 9.78 Å². The molecule has 2 aliphatic rings. The fourth-order valence-electron chi connectivity index (χ4n) is 3.02. The molecule has 0 aromatic carbocycles. The molecule has 0 spiro atoms. The molecule has 0 atom stereocenters. The monoisotopic (exact) mass is 368 g/mol. The number of pyridine rings is 2. The summed E-state index contributed by atoms with van der Waals surface area (Å²) in [5, 5.41) is 4.88. The van der Waals surface area contributed by atoms with E-state index < -0.39 is 0 Å². The van der Waals surface area contributed by atoms with E-state index in [1.54, 1.807) is 16.8 Å². The van der Waals surface area contributed by atoms with Gasteiger partial charge >= 0.3 is 5.69 Å². The van der Waals surface area contributed by atoms with E-state index in [4.69, 9.17) is 11.6 Å². The fraction of sp³-hybridized carbons (Fsp3) is 0.222. The standard InChI is InChI=1S/C18H17ClN6O/c1-3-24-11-15(12(2)22-24)25-14-5-4-8-23(17(14)21-18(25)26)10-13-6-7-16(19)20-9-13/h4-9,11H,3,10H2,1-2H3. The minimum atomic E-state index is -0.312. The van der Waals surface area contributed by atoms with Gasteiger partial charge in [-0.1, -0.05) is 17.7 Å². The van der Waals surface area contributed by atoms with Crippen molar-refractivity contribution in [2.45, 2.75) is 26.9 Å². The van der Waals surface area contributed by atoms with Crippen LogP contribution in [0.4, 0.5) is 0 Å². The summed E-state index contributed by atoms with van der Waals surface area (Å²) >= 11 is 5.85. The van der Waals surface area contributed by atoms with Crippen molar-refractivity contribution in [2.75, 3.05) is 0 Å². The number of fused-ring (bicyclic) bond motifs is 1. The lowest BCUT2D eigenvalue weighted by atomic mass is 10.2. The molecular weight excluding hydrogens is 352 g/mol. The van der Waals surface area contributed by atoms with E-state index in [1.165, 1.54) is 0 Å². The molecule has 0 fully saturated rings. The quantitative estimate of drug-likeness (QED) is 0.519. The molecule has 0 saturated carbocycles. The van der Waals surface area contributed by atoms with Gasteiger partial charge in [-0.05, 0) is 37.6 Å². The SMILES string of the molecule is CCn1cc(-n2c3cccn(Cc4ccc(Cl)nc4)c-3nc2=O)c(C)n1. The second-order valence-electron chi connectivity index (χ2n) is 6.02. The summed E-state index contributed by atoms with van der Waals surface area (Å²) in [6, 6.07) is 7.45. The first-order chi connectivity index (χ1) is 12.6. The molecule has 0 amide bonds. The lowest BCUT2D eigenvalue weighted by Crippen LogP contribution is -2.14. The minimum absolute atomic E-state index is 0.312. The van der Waals surface area contributed by atoms with Crippen molar-refractivity contribution in [3.05, 3.63) is 69.8 Å². The third kappa shape index (κ3) is 2.80. The van der Waals surface area contributed by atoms with Crippen molar-refractivity contribution in [3.8, 4) is 17.2 Å².